The molecule has 0 unspecified atom stereocenters. The Morgan fingerprint density at radius 1 is 1.17 bits per heavy atom. The molecular weight excluding hydrogens is 308 g/mol. The van der Waals surface area contributed by atoms with Gasteiger partial charge in [-0.25, -0.2) is 4.98 Å². The summed E-state index contributed by atoms with van der Waals surface area (Å²) in [5.41, 5.74) is 2.07. The second kappa shape index (κ2) is 7.24. The van der Waals surface area contributed by atoms with Gasteiger partial charge in [0.25, 0.3) is 5.91 Å². The largest absolute Gasteiger partial charge is 0.483 e. The third-order valence-corrected chi connectivity index (χ3v) is 4.52. The highest BCUT2D eigenvalue weighted by molar-refractivity contribution is 7.18. The molecule has 1 N–H and O–H groups in total. The van der Waals surface area contributed by atoms with Gasteiger partial charge in [-0.2, -0.15) is 0 Å². The Bertz CT molecular complexity index is 780. The van der Waals surface area contributed by atoms with E-state index in [1.807, 2.05) is 48.5 Å². The van der Waals surface area contributed by atoms with Gasteiger partial charge in [0.15, 0.2) is 6.61 Å². The first kappa shape index (κ1) is 15.5. The van der Waals surface area contributed by atoms with Crippen LogP contribution >= 0.6 is 11.3 Å². The normalized spacial score (nSPS) is 10.7. The van der Waals surface area contributed by atoms with E-state index in [9.17, 15) is 4.79 Å². The van der Waals surface area contributed by atoms with Crippen molar-refractivity contribution in [3.8, 4) is 5.75 Å². The van der Waals surface area contributed by atoms with E-state index >= 15 is 0 Å². The van der Waals surface area contributed by atoms with Crippen molar-refractivity contribution in [3.63, 3.8) is 0 Å². The molecule has 0 aliphatic heterocycles. The van der Waals surface area contributed by atoms with E-state index in [2.05, 4.69) is 17.2 Å². The van der Waals surface area contributed by atoms with E-state index in [0.29, 0.717) is 6.54 Å². The van der Waals surface area contributed by atoms with Gasteiger partial charge < -0.3 is 10.1 Å². The summed E-state index contributed by atoms with van der Waals surface area (Å²) in [4.78, 5) is 16.4. The zero-order chi connectivity index (χ0) is 16.1. The van der Waals surface area contributed by atoms with Crippen LogP contribution in [0.25, 0.3) is 10.2 Å². The van der Waals surface area contributed by atoms with Gasteiger partial charge in [-0.3, -0.25) is 4.79 Å². The van der Waals surface area contributed by atoms with Crippen LogP contribution in [-0.2, 0) is 17.8 Å². The molecular formula is C18H18N2O2S. The van der Waals surface area contributed by atoms with Crippen molar-refractivity contribution < 1.29 is 9.53 Å². The van der Waals surface area contributed by atoms with Gasteiger partial charge in [-0.1, -0.05) is 37.3 Å². The summed E-state index contributed by atoms with van der Waals surface area (Å²) >= 11 is 1.59. The maximum atomic E-state index is 11.9. The summed E-state index contributed by atoms with van der Waals surface area (Å²) < 4.78 is 6.74. The molecule has 118 valence electrons. The predicted octanol–water partition coefficient (Wildman–Crippen LogP) is 3.55. The smallest absolute Gasteiger partial charge is 0.258 e. The molecule has 0 aliphatic carbocycles. The maximum Gasteiger partial charge on any atom is 0.258 e. The van der Waals surface area contributed by atoms with Gasteiger partial charge in [0.2, 0.25) is 0 Å². The van der Waals surface area contributed by atoms with Crippen molar-refractivity contribution in [2.75, 3.05) is 6.61 Å². The number of ether oxygens (including phenoxy) is 1. The van der Waals surface area contributed by atoms with Gasteiger partial charge >= 0.3 is 0 Å². The van der Waals surface area contributed by atoms with Crippen molar-refractivity contribution in [1.29, 1.82) is 0 Å². The molecule has 0 aliphatic rings. The molecule has 0 saturated carbocycles. The average Bonchev–Trinajstić information content (AvgIpc) is 3.01. The standard InChI is InChI=1S/C18H18N2O2S/c1-2-13-7-3-5-9-15(13)22-12-17(21)19-11-18-20-14-8-4-6-10-16(14)23-18/h3-10H,2,11-12H2,1H3,(H,19,21). The molecule has 1 heterocycles. The van der Waals surface area contributed by atoms with E-state index in [4.69, 9.17) is 4.74 Å². The Morgan fingerprint density at radius 3 is 2.78 bits per heavy atom. The lowest BCUT2D eigenvalue weighted by molar-refractivity contribution is -0.123. The number of thiazole rings is 1. The Hall–Kier alpha value is -2.40. The van der Waals surface area contributed by atoms with Crippen LogP contribution < -0.4 is 10.1 Å². The van der Waals surface area contributed by atoms with Gasteiger partial charge in [0.1, 0.15) is 10.8 Å². The zero-order valence-electron chi connectivity index (χ0n) is 12.9. The number of nitrogens with zero attached hydrogens (tertiary/aromatic N) is 1. The highest BCUT2D eigenvalue weighted by atomic mass is 32.1. The average molecular weight is 326 g/mol. The lowest BCUT2D eigenvalue weighted by atomic mass is 10.1. The Labute approximate surface area is 139 Å². The van der Waals surface area contributed by atoms with Crippen LogP contribution in [0.5, 0.6) is 5.75 Å². The summed E-state index contributed by atoms with van der Waals surface area (Å²) in [7, 11) is 0. The number of nitrogens with one attached hydrogen (secondary N) is 1. The zero-order valence-corrected chi connectivity index (χ0v) is 13.7. The highest BCUT2D eigenvalue weighted by Gasteiger charge is 2.08. The summed E-state index contributed by atoms with van der Waals surface area (Å²) in [6.07, 6.45) is 0.878. The first-order valence-electron chi connectivity index (χ1n) is 7.58. The fourth-order valence-corrected chi connectivity index (χ4v) is 3.21. The van der Waals surface area contributed by atoms with Crippen LogP contribution in [0, 0.1) is 0 Å². The van der Waals surface area contributed by atoms with Crippen molar-refractivity contribution in [1.82, 2.24) is 10.3 Å². The first-order chi connectivity index (χ1) is 11.3. The molecule has 4 nitrogen and oxygen atoms in total. The molecule has 1 aromatic heterocycles. The number of carbonyl (C=O) groups excluding carboxylic acids is 1. The summed E-state index contributed by atoms with van der Waals surface area (Å²) in [5.74, 6) is 0.625. The molecule has 0 bridgehead atoms. The fourth-order valence-electron chi connectivity index (χ4n) is 2.30. The number of carbonyl (C=O) groups is 1. The minimum Gasteiger partial charge on any atom is -0.483 e. The number of benzene rings is 2. The predicted molar refractivity (Wildman–Crippen MR) is 92.8 cm³/mol. The number of amides is 1. The first-order valence-corrected chi connectivity index (χ1v) is 8.39. The number of para-hydroxylation sites is 2. The minimum absolute atomic E-state index is 0.0158. The molecule has 0 spiro atoms. The molecule has 1 amide bonds. The van der Waals surface area contributed by atoms with Gasteiger partial charge in [-0.05, 0) is 30.2 Å². The fraction of sp³-hybridized carbons (Fsp3) is 0.222. The lowest BCUT2D eigenvalue weighted by Crippen LogP contribution is -2.28. The van der Waals surface area contributed by atoms with Gasteiger partial charge in [0.05, 0.1) is 16.8 Å². The Balaban J connectivity index is 1.53. The topological polar surface area (TPSA) is 51.2 Å². The summed E-state index contributed by atoms with van der Waals surface area (Å²) in [6.45, 7) is 2.51. The van der Waals surface area contributed by atoms with Crippen molar-refractivity contribution >= 4 is 27.5 Å². The number of fused-ring (bicyclic) bond motifs is 1. The van der Waals surface area contributed by atoms with Crippen LogP contribution in [0.4, 0.5) is 0 Å². The van der Waals surface area contributed by atoms with E-state index in [1.165, 1.54) is 0 Å². The second-order valence-corrected chi connectivity index (χ2v) is 6.22. The Kier molecular flexibility index (Phi) is 4.88. The van der Waals surface area contributed by atoms with Crippen LogP contribution in [0.2, 0.25) is 0 Å². The summed E-state index contributed by atoms with van der Waals surface area (Å²) in [5, 5.41) is 3.75. The van der Waals surface area contributed by atoms with Crippen LogP contribution in [0.3, 0.4) is 0 Å². The monoisotopic (exact) mass is 326 g/mol. The quantitative estimate of drug-likeness (QED) is 0.753. The number of rotatable bonds is 6. The van der Waals surface area contributed by atoms with E-state index in [0.717, 1.165) is 33.0 Å². The van der Waals surface area contributed by atoms with E-state index < -0.39 is 0 Å². The van der Waals surface area contributed by atoms with Crippen molar-refractivity contribution in [2.24, 2.45) is 0 Å². The molecule has 0 saturated heterocycles. The number of aryl methyl sites for hydroxylation is 1. The van der Waals surface area contributed by atoms with Crippen LogP contribution in [0.15, 0.2) is 48.5 Å². The van der Waals surface area contributed by atoms with Gasteiger partial charge in [0, 0.05) is 0 Å². The molecule has 3 rings (SSSR count). The molecule has 0 atom stereocenters. The molecule has 23 heavy (non-hydrogen) atoms. The molecule has 0 fully saturated rings. The van der Waals surface area contributed by atoms with Crippen molar-refractivity contribution in [2.45, 2.75) is 19.9 Å². The molecule has 3 aromatic rings. The summed E-state index contributed by atoms with van der Waals surface area (Å²) in [6, 6.07) is 15.7. The number of hydrogen-bond donors (Lipinski definition) is 1. The third-order valence-electron chi connectivity index (χ3n) is 3.49. The van der Waals surface area contributed by atoms with Crippen LogP contribution in [0.1, 0.15) is 17.5 Å². The number of hydrogen-bond acceptors (Lipinski definition) is 4. The van der Waals surface area contributed by atoms with E-state index in [-0.39, 0.29) is 12.5 Å². The molecule has 2 aromatic carbocycles. The van der Waals surface area contributed by atoms with Gasteiger partial charge in [-0.15, -0.1) is 11.3 Å². The molecule has 5 heteroatoms. The van der Waals surface area contributed by atoms with Crippen molar-refractivity contribution in [3.05, 3.63) is 59.1 Å². The third kappa shape index (κ3) is 3.87. The second-order valence-electron chi connectivity index (χ2n) is 5.10. The SMILES string of the molecule is CCc1ccccc1OCC(=O)NCc1nc2ccccc2s1. The molecule has 0 radical (unpaired) electrons. The van der Waals surface area contributed by atoms with Crippen LogP contribution in [-0.4, -0.2) is 17.5 Å². The highest BCUT2D eigenvalue weighted by Crippen LogP contribution is 2.21. The van der Waals surface area contributed by atoms with E-state index in [1.54, 1.807) is 11.3 Å². The minimum atomic E-state index is -0.143. The maximum absolute atomic E-state index is 11.9. The lowest BCUT2D eigenvalue weighted by Gasteiger charge is -2.09. The number of aromatic nitrogens is 1. The Morgan fingerprint density at radius 2 is 1.96 bits per heavy atom.